The number of hydrogen-bond acceptors (Lipinski definition) is 6. The first kappa shape index (κ1) is 29.8. The molecule has 0 N–H and O–H groups in total. The standard InChI is InChI=1S/C24H23BrCl3N5O5S2/c1-24(13-16-2-4-17(25)5-3-16)22(34)32(20-11-18(27)10-19(28)12-20)23-29-14-21(33(23)24)40(37,38)31-8-6-30(7-9-31)39(35,36)15-26/h2-5,10-12,14H,6-9,13,15H2,1H3/t24-/m1/s1. The van der Waals surface area contributed by atoms with Gasteiger partial charge in [0.2, 0.25) is 16.0 Å². The number of carbonyl (C=O) groups is 1. The molecular weight excluding hydrogens is 689 g/mol. The molecule has 0 spiro atoms. The lowest BCUT2D eigenvalue weighted by Crippen LogP contribution is -2.51. The van der Waals surface area contributed by atoms with Gasteiger partial charge in [-0.15, -0.1) is 11.6 Å². The minimum absolute atomic E-state index is 0.0441. The van der Waals surface area contributed by atoms with Crippen molar-refractivity contribution in [3.63, 3.8) is 0 Å². The van der Waals surface area contributed by atoms with Crippen molar-refractivity contribution in [2.24, 2.45) is 0 Å². The molecule has 1 atom stereocenters. The summed E-state index contributed by atoms with van der Waals surface area (Å²) in [7, 11) is -7.87. The van der Waals surface area contributed by atoms with Crippen molar-refractivity contribution in [1.29, 1.82) is 0 Å². The van der Waals surface area contributed by atoms with Gasteiger partial charge in [0.25, 0.3) is 15.9 Å². The Morgan fingerprint density at radius 3 is 2.10 bits per heavy atom. The molecule has 0 bridgehead atoms. The molecule has 1 fully saturated rings. The van der Waals surface area contributed by atoms with E-state index in [1.807, 2.05) is 24.3 Å². The van der Waals surface area contributed by atoms with E-state index in [2.05, 4.69) is 20.9 Å². The van der Waals surface area contributed by atoms with E-state index in [1.54, 1.807) is 19.1 Å². The highest BCUT2D eigenvalue weighted by atomic mass is 79.9. The summed E-state index contributed by atoms with van der Waals surface area (Å²) in [4.78, 5) is 19.9. The summed E-state index contributed by atoms with van der Waals surface area (Å²) in [6, 6.07) is 12.0. The van der Waals surface area contributed by atoms with Gasteiger partial charge in [0.05, 0.1) is 11.9 Å². The maximum absolute atomic E-state index is 14.2. The molecule has 0 saturated carbocycles. The van der Waals surface area contributed by atoms with E-state index >= 15 is 0 Å². The fraction of sp³-hybridized carbons (Fsp3) is 0.333. The third-order valence-corrected chi connectivity index (χ3v) is 12.1. The molecule has 1 saturated heterocycles. The van der Waals surface area contributed by atoms with E-state index in [9.17, 15) is 21.6 Å². The van der Waals surface area contributed by atoms with Crippen LogP contribution in [-0.2, 0) is 36.8 Å². The lowest BCUT2D eigenvalue weighted by Gasteiger charge is -2.33. The van der Waals surface area contributed by atoms with Crippen LogP contribution in [0.3, 0.4) is 0 Å². The first-order chi connectivity index (χ1) is 18.8. The zero-order chi connectivity index (χ0) is 29.0. The number of rotatable bonds is 7. The molecular formula is C24H23BrCl3N5O5S2. The van der Waals surface area contributed by atoms with Crippen LogP contribution in [0.4, 0.5) is 11.6 Å². The Kier molecular flexibility index (Phi) is 8.07. The van der Waals surface area contributed by atoms with E-state index in [1.165, 1.54) is 30.3 Å². The van der Waals surface area contributed by atoms with Gasteiger partial charge in [-0.1, -0.05) is 51.3 Å². The zero-order valence-electron chi connectivity index (χ0n) is 21.0. The number of imidazole rings is 1. The molecule has 3 aromatic rings. The van der Waals surface area contributed by atoms with Crippen LogP contribution < -0.4 is 4.90 Å². The molecule has 5 rings (SSSR count). The highest BCUT2D eigenvalue weighted by Crippen LogP contribution is 2.45. The van der Waals surface area contributed by atoms with Crippen molar-refractivity contribution in [2.75, 3.05) is 36.3 Å². The third kappa shape index (κ3) is 5.19. The van der Waals surface area contributed by atoms with Crippen LogP contribution in [0.15, 0.2) is 58.2 Å². The van der Waals surface area contributed by atoms with Gasteiger partial charge in [-0.05, 0) is 42.8 Å². The Hall–Kier alpha value is -1.71. The smallest absolute Gasteiger partial charge is 0.260 e. The van der Waals surface area contributed by atoms with Crippen molar-refractivity contribution in [3.8, 4) is 0 Å². The highest BCUT2D eigenvalue weighted by Gasteiger charge is 2.52. The Morgan fingerprint density at radius 2 is 1.52 bits per heavy atom. The van der Waals surface area contributed by atoms with Crippen LogP contribution in [0.25, 0.3) is 0 Å². The SMILES string of the molecule is C[C@@]1(Cc2ccc(Br)cc2)C(=O)N(c2cc(Cl)cc(Cl)c2)c2ncc(S(=O)(=O)N3CCN(S(=O)(=O)CCl)CC3)n21. The predicted molar refractivity (Wildman–Crippen MR) is 157 cm³/mol. The Balaban J connectivity index is 1.60. The number of amides is 1. The van der Waals surface area contributed by atoms with E-state index < -0.39 is 36.7 Å². The number of nitrogens with zero attached hydrogens (tertiary/aromatic N) is 5. The fourth-order valence-electron chi connectivity index (χ4n) is 5.00. The number of aromatic nitrogens is 2. The van der Waals surface area contributed by atoms with Gasteiger partial charge in [-0.2, -0.15) is 8.61 Å². The second-order valence-electron chi connectivity index (χ2n) is 9.60. The van der Waals surface area contributed by atoms with Gasteiger partial charge in [0.1, 0.15) is 10.8 Å². The van der Waals surface area contributed by atoms with Crippen LogP contribution in [0.1, 0.15) is 12.5 Å². The normalized spacial score (nSPS) is 20.7. The first-order valence-electron chi connectivity index (χ1n) is 12.0. The number of benzene rings is 2. The molecule has 2 aliphatic rings. The quantitative estimate of drug-likeness (QED) is 0.336. The average Bonchev–Trinajstić information content (AvgIpc) is 3.43. The van der Waals surface area contributed by atoms with Crippen molar-refractivity contribution < 1.29 is 21.6 Å². The van der Waals surface area contributed by atoms with Gasteiger partial charge in [0, 0.05) is 47.1 Å². The summed E-state index contributed by atoms with van der Waals surface area (Å²) in [5.41, 5.74) is -0.244. The molecule has 2 aromatic carbocycles. The molecule has 0 radical (unpaired) electrons. The minimum Gasteiger partial charge on any atom is -0.284 e. The van der Waals surface area contributed by atoms with Crippen LogP contribution in [0.2, 0.25) is 10.0 Å². The molecule has 1 aromatic heterocycles. The van der Waals surface area contributed by atoms with Crippen molar-refractivity contribution in [2.45, 2.75) is 23.9 Å². The van der Waals surface area contributed by atoms with E-state index in [0.717, 1.165) is 10.0 Å². The summed E-state index contributed by atoms with van der Waals surface area (Å²) in [6.07, 6.45) is 1.38. The molecule has 16 heteroatoms. The van der Waals surface area contributed by atoms with Crippen LogP contribution in [-0.4, -0.2) is 72.3 Å². The maximum atomic E-state index is 14.2. The maximum Gasteiger partial charge on any atom is 0.260 e. The number of carbonyl (C=O) groups excluding carboxylic acids is 1. The monoisotopic (exact) mass is 709 g/mol. The van der Waals surface area contributed by atoms with Gasteiger partial charge in [-0.3, -0.25) is 9.36 Å². The number of hydrogen-bond donors (Lipinski definition) is 0. The van der Waals surface area contributed by atoms with Crippen molar-refractivity contribution in [1.82, 2.24) is 18.2 Å². The van der Waals surface area contributed by atoms with Gasteiger partial charge >= 0.3 is 0 Å². The fourth-order valence-corrected chi connectivity index (χ4v) is 8.66. The third-order valence-electron chi connectivity index (χ3n) is 6.97. The summed E-state index contributed by atoms with van der Waals surface area (Å²) in [6.45, 7) is 1.42. The van der Waals surface area contributed by atoms with Gasteiger partial charge in [-0.25, -0.2) is 26.7 Å². The molecule has 1 amide bonds. The molecule has 2 aliphatic heterocycles. The molecule has 3 heterocycles. The van der Waals surface area contributed by atoms with Crippen LogP contribution in [0, 0.1) is 0 Å². The number of alkyl halides is 1. The Bertz CT molecular complexity index is 1670. The Labute approximate surface area is 255 Å². The Morgan fingerprint density at radius 1 is 0.950 bits per heavy atom. The summed E-state index contributed by atoms with van der Waals surface area (Å²) < 4.78 is 56.9. The molecule has 40 heavy (non-hydrogen) atoms. The van der Waals surface area contributed by atoms with Crippen LogP contribution >= 0.6 is 50.7 Å². The number of piperazine rings is 1. The van der Waals surface area contributed by atoms with Gasteiger partial charge in [0.15, 0.2) is 5.03 Å². The molecule has 10 nitrogen and oxygen atoms in total. The lowest BCUT2D eigenvalue weighted by molar-refractivity contribution is -0.124. The van der Waals surface area contributed by atoms with E-state index in [-0.39, 0.29) is 43.6 Å². The minimum atomic E-state index is -4.19. The second-order valence-corrected chi connectivity index (χ2v) is 15.8. The van der Waals surface area contributed by atoms with Crippen molar-refractivity contribution >= 4 is 88.3 Å². The summed E-state index contributed by atoms with van der Waals surface area (Å²) in [5, 5.41) is -0.171. The van der Waals surface area contributed by atoms with Crippen molar-refractivity contribution in [3.05, 3.63) is 68.7 Å². The molecule has 0 unspecified atom stereocenters. The number of anilines is 2. The van der Waals surface area contributed by atoms with Gasteiger partial charge < -0.3 is 0 Å². The van der Waals surface area contributed by atoms with Crippen LogP contribution in [0.5, 0.6) is 0 Å². The number of halogens is 4. The highest BCUT2D eigenvalue weighted by molar-refractivity contribution is 9.10. The zero-order valence-corrected chi connectivity index (χ0v) is 26.5. The number of sulfonamides is 2. The van der Waals surface area contributed by atoms with E-state index in [0.29, 0.717) is 15.7 Å². The largest absolute Gasteiger partial charge is 0.284 e. The lowest BCUT2D eigenvalue weighted by atomic mass is 9.92. The second kappa shape index (κ2) is 10.8. The molecule has 0 aliphatic carbocycles. The predicted octanol–water partition coefficient (Wildman–Crippen LogP) is 4.42. The number of fused-ring (bicyclic) bond motifs is 1. The molecule has 214 valence electrons. The summed E-state index contributed by atoms with van der Waals surface area (Å²) >= 11 is 21.5. The first-order valence-corrected chi connectivity index (χ1v) is 17.1. The summed E-state index contributed by atoms with van der Waals surface area (Å²) in [5.74, 6) is -0.309. The average molecular weight is 712 g/mol. The van der Waals surface area contributed by atoms with E-state index in [4.69, 9.17) is 34.8 Å². The topological polar surface area (TPSA) is 113 Å².